The number of amides is 2. The van der Waals surface area contributed by atoms with Crippen molar-refractivity contribution >= 4 is 22.8 Å². The van der Waals surface area contributed by atoms with Gasteiger partial charge in [-0.2, -0.15) is 0 Å². The quantitative estimate of drug-likeness (QED) is 0.695. The summed E-state index contributed by atoms with van der Waals surface area (Å²) in [5.41, 5.74) is 1.95. The molecule has 6 nitrogen and oxygen atoms in total. The number of fused-ring (bicyclic) bond motifs is 1. The number of hydrogen-bond acceptors (Lipinski definition) is 3. The molecule has 0 aliphatic carbocycles. The first kappa shape index (κ1) is 17.0. The summed E-state index contributed by atoms with van der Waals surface area (Å²) in [5.74, 6) is 0.630. The molecule has 1 aromatic heterocycles. The van der Waals surface area contributed by atoms with E-state index in [9.17, 15) is 9.59 Å². The highest BCUT2D eigenvalue weighted by Crippen LogP contribution is 2.11. The minimum absolute atomic E-state index is 0.111. The summed E-state index contributed by atoms with van der Waals surface area (Å²) in [6.45, 7) is 4.31. The largest absolute Gasteiger partial charge is 0.354 e. The van der Waals surface area contributed by atoms with Crippen LogP contribution in [0.4, 0.5) is 0 Å². The lowest BCUT2D eigenvalue weighted by Crippen LogP contribution is -2.44. The number of aromatic nitrogens is 2. The molecule has 0 spiro atoms. The zero-order valence-electron chi connectivity index (χ0n) is 13.7. The maximum Gasteiger partial charge on any atom is 0.242 e. The predicted octanol–water partition coefficient (Wildman–Crippen LogP) is 1.92. The van der Waals surface area contributed by atoms with Crippen molar-refractivity contribution in [3.05, 3.63) is 30.1 Å². The third kappa shape index (κ3) is 5.09. The number of nitrogens with zero attached hydrogens (tertiary/aromatic N) is 1. The summed E-state index contributed by atoms with van der Waals surface area (Å²) in [6, 6.07) is 7.35. The highest BCUT2D eigenvalue weighted by atomic mass is 16.2. The van der Waals surface area contributed by atoms with E-state index in [1.807, 2.05) is 31.2 Å². The Balaban J connectivity index is 1.73. The minimum atomic E-state index is -0.500. The number of benzene rings is 1. The van der Waals surface area contributed by atoms with Crippen LogP contribution in [0.2, 0.25) is 0 Å². The van der Waals surface area contributed by atoms with Crippen LogP contribution in [0.3, 0.4) is 0 Å². The van der Waals surface area contributed by atoms with Crippen LogP contribution >= 0.6 is 0 Å². The van der Waals surface area contributed by atoms with E-state index >= 15 is 0 Å². The number of hydrogen-bond donors (Lipinski definition) is 3. The van der Waals surface area contributed by atoms with Crippen LogP contribution in [-0.4, -0.2) is 34.4 Å². The van der Waals surface area contributed by atoms with Crippen molar-refractivity contribution in [1.29, 1.82) is 0 Å². The summed E-state index contributed by atoms with van der Waals surface area (Å²) in [6.07, 6.45) is 2.65. The second-order valence-electron chi connectivity index (χ2n) is 5.63. The third-order valence-corrected chi connectivity index (χ3v) is 3.58. The summed E-state index contributed by atoms with van der Waals surface area (Å²) < 4.78 is 0. The van der Waals surface area contributed by atoms with E-state index in [4.69, 9.17) is 0 Å². The van der Waals surface area contributed by atoms with Crippen LogP contribution in [0, 0.1) is 0 Å². The van der Waals surface area contributed by atoms with E-state index in [0.29, 0.717) is 25.8 Å². The number of imidazole rings is 1. The maximum absolute atomic E-state index is 11.9. The molecule has 2 amide bonds. The molecule has 124 valence electrons. The lowest BCUT2D eigenvalue weighted by atomic mass is 10.2. The van der Waals surface area contributed by atoms with Gasteiger partial charge in [-0.15, -0.1) is 0 Å². The number of nitrogens with one attached hydrogen (secondary N) is 3. The molecular weight excluding hydrogens is 292 g/mol. The molecule has 2 aromatic rings. The van der Waals surface area contributed by atoms with Crippen molar-refractivity contribution in [3.8, 4) is 0 Å². The number of H-pyrrole nitrogens is 1. The van der Waals surface area contributed by atoms with Gasteiger partial charge in [0.15, 0.2) is 0 Å². The van der Waals surface area contributed by atoms with Gasteiger partial charge in [-0.25, -0.2) is 4.98 Å². The van der Waals surface area contributed by atoms with Crippen molar-refractivity contribution < 1.29 is 9.59 Å². The smallest absolute Gasteiger partial charge is 0.242 e. The lowest BCUT2D eigenvalue weighted by Gasteiger charge is -2.13. The molecule has 2 rings (SSSR count). The lowest BCUT2D eigenvalue weighted by molar-refractivity contribution is -0.128. The number of para-hydroxylation sites is 2. The van der Waals surface area contributed by atoms with Crippen LogP contribution in [0.25, 0.3) is 11.0 Å². The highest BCUT2D eigenvalue weighted by Gasteiger charge is 2.14. The highest BCUT2D eigenvalue weighted by molar-refractivity contribution is 5.87. The molecule has 1 atom stereocenters. The van der Waals surface area contributed by atoms with Crippen molar-refractivity contribution in [2.75, 3.05) is 6.54 Å². The third-order valence-electron chi connectivity index (χ3n) is 3.58. The van der Waals surface area contributed by atoms with Gasteiger partial charge in [0.2, 0.25) is 11.8 Å². The Morgan fingerprint density at radius 1 is 1.30 bits per heavy atom. The van der Waals surface area contributed by atoms with E-state index in [-0.39, 0.29) is 11.8 Å². The van der Waals surface area contributed by atoms with Gasteiger partial charge >= 0.3 is 0 Å². The van der Waals surface area contributed by atoms with Gasteiger partial charge in [-0.1, -0.05) is 19.1 Å². The van der Waals surface area contributed by atoms with Gasteiger partial charge in [0.05, 0.1) is 11.0 Å². The normalized spacial score (nSPS) is 12.1. The molecule has 0 aliphatic rings. The van der Waals surface area contributed by atoms with Crippen LogP contribution < -0.4 is 10.6 Å². The average molecular weight is 316 g/mol. The topological polar surface area (TPSA) is 86.9 Å². The molecule has 0 fully saturated rings. The van der Waals surface area contributed by atoms with Gasteiger partial charge in [0.1, 0.15) is 11.9 Å². The molecule has 0 aliphatic heterocycles. The molecule has 1 unspecified atom stereocenters. The Morgan fingerprint density at radius 3 is 2.83 bits per heavy atom. The van der Waals surface area contributed by atoms with Crippen molar-refractivity contribution in [3.63, 3.8) is 0 Å². The molecule has 6 heteroatoms. The summed E-state index contributed by atoms with van der Waals surface area (Å²) in [5, 5.41) is 5.49. The first-order valence-electron chi connectivity index (χ1n) is 8.11. The Labute approximate surface area is 136 Å². The summed E-state index contributed by atoms with van der Waals surface area (Å²) >= 11 is 0. The number of carbonyl (C=O) groups excluding carboxylic acids is 2. The molecule has 1 aromatic carbocycles. The minimum Gasteiger partial charge on any atom is -0.354 e. The van der Waals surface area contributed by atoms with Crippen molar-refractivity contribution in [2.45, 2.75) is 45.6 Å². The standard InChI is InChI=1S/C17H24N4O2/c1-3-11-18-17(23)12(2)19-16(22)10-6-9-15-20-13-7-4-5-8-14(13)21-15/h4-5,7-8,12H,3,6,9-11H2,1-2H3,(H,18,23)(H,19,22)(H,20,21). The molecule has 0 saturated carbocycles. The van der Waals surface area contributed by atoms with Gasteiger partial charge in [-0.3, -0.25) is 9.59 Å². The van der Waals surface area contributed by atoms with Gasteiger partial charge in [-0.05, 0) is 31.9 Å². The molecule has 0 saturated heterocycles. The molecular formula is C17H24N4O2. The molecule has 23 heavy (non-hydrogen) atoms. The molecule has 0 bridgehead atoms. The van der Waals surface area contributed by atoms with Crippen LogP contribution in [-0.2, 0) is 16.0 Å². The Morgan fingerprint density at radius 2 is 2.09 bits per heavy atom. The zero-order valence-corrected chi connectivity index (χ0v) is 13.7. The molecule has 0 radical (unpaired) electrons. The van der Waals surface area contributed by atoms with Crippen LogP contribution in [0.15, 0.2) is 24.3 Å². The summed E-state index contributed by atoms with van der Waals surface area (Å²) in [4.78, 5) is 31.3. The molecule has 3 N–H and O–H groups in total. The Hall–Kier alpha value is -2.37. The maximum atomic E-state index is 11.9. The van der Waals surface area contributed by atoms with Crippen molar-refractivity contribution in [2.24, 2.45) is 0 Å². The van der Waals surface area contributed by atoms with Gasteiger partial charge in [0, 0.05) is 19.4 Å². The van der Waals surface area contributed by atoms with Crippen LogP contribution in [0.1, 0.15) is 38.9 Å². The second-order valence-corrected chi connectivity index (χ2v) is 5.63. The Bertz CT molecular complexity index is 632. The van der Waals surface area contributed by atoms with Crippen LogP contribution in [0.5, 0.6) is 0 Å². The first-order chi connectivity index (χ1) is 11.1. The summed E-state index contributed by atoms with van der Waals surface area (Å²) in [7, 11) is 0. The SMILES string of the molecule is CCCNC(=O)C(C)NC(=O)CCCc1nc2ccccc2[nH]1. The fourth-order valence-electron chi connectivity index (χ4n) is 2.32. The second kappa shape index (κ2) is 8.31. The van der Waals surface area contributed by atoms with E-state index < -0.39 is 6.04 Å². The van der Waals surface area contributed by atoms with E-state index in [1.54, 1.807) is 6.92 Å². The number of aryl methyl sites for hydroxylation is 1. The van der Waals surface area contributed by atoms with E-state index in [0.717, 1.165) is 23.3 Å². The van der Waals surface area contributed by atoms with E-state index in [1.165, 1.54) is 0 Å². The first-order valence-corrected chi connectivity index (χ1v) is 8.11. The number of rotatable bonds is 8. The molecule has 1 heterocycles. The predicted molar refractivity (Wildman–Crippen MR) is 89.9 cm³/mol. The Kier molecular flexibility index (Phi) is 6.14. The zero-order chi connectivity index (χ0) is 16.7. The van der Waals surface area contributed by atoms with Gasteiger partial charge < -0.3 is 15.6 Å². The fraction of sp³-hybridized carbons (Fsp3) is 0.471. The average Bonchev–Trinajstić information content (AvgIpc) is 2.95. The monoisotopic (exact) mass is 316 g/mol. The number of aromatic amines is 1. The number of carbonyl (C=O) groups is 2. The van der Waals surface area contributed by atoms with Crippen molar-refractivity contribution in [1.82, 2.24) is 20.6 Å². The van der Waals surface area contributed by atoms with Gasteiger partial charge in [0.25, 0.3) is 0 Å². The fourth-order valence-corrected chi connectivity index (χ4v) is 2.32. The van der Waals surface area contributed by atoms with E-state index in [2.05, 4.69) is 20.6 Å².